The van der Waals surface area contributed by atoms with E-state index in [1.807, 2.05) is 0 Å². The van der Waals surface area contributed by atoms with Crippen LogP contribution in [-0.4, -0.2) is 69.0 Å². The Morgan fingerprint density at radius 2 is 1.93 bits per heavy atom. The highest BCUT2D eigenvalue weighted by molar-refractivity contribution is 7.86. The monoisotopic (exact) mass is 638 g/mol. The fourth-order valence-electron chi connectivity index (χ4n) is 5.56. The summed E-state index contributed by atoms with van der Waals surface area (Å²) >= 11 is 0. The second kappa shape index (κ2) is 13.5. The minimum absolute atomic E-state index is 0.0450. The van der Waals surface area contributed by atoms with Crippen LogP contribution in [0.3, 0.4) is 0 Å². The third kappa shape index (κ3) is 7.35. The lowest BCUT2D eigenvalue weighted by atomic mass is 10.1. The summed E-state index contributed by atoms with van der Waals surface area (Å²) in [6.07, 6.45) is 7.85. The topological polar surface area (TPSA) is 181 Å². The number of hydrogen-bond donors (Lipinski definition) is 3. The van der Waals surface area contributed by atoms with Crippen molar-refractivity contribution in [3.8, 4) is 5.75 Å². The molecule has 238 valence electrons. The molecule has 2 amide bonds. The molecule has 2 aromatic carbocycles. The Morgan fingerprint density at radius 3 is 2.69 bits per heavy atom. The van der Waals surface area contributed by atoms with Crippen molar-refractivity contribution in [1.82, 2.24) is 14.5 Å². The van der Waals surface area contributed by atoms with Crippen molar-refractivity contribution >= 4 is 44.7 Å². The van der Waals surface area contributed by atoms with Gasteiger partial charge in [-0.3, -0.25) is 14.1 Å². The summed E-state index contributed by atoms with van der Waals surface area (Å²) in [6, 6.07) is 10.4. The number of aliphatic carboxylic acids is 1. The van der Waals surface area contributed by atoms with Gasteiger partial charge in [-0.05, 0) is 42.8 Å². The molecule has 1 aliphatic rings. The molecule has 5 rings (SSSR count). The van der Waals surface area contributed by atoms with E-state index in [0.717, 1.165) is 30.7 Å². The van der Waals surface area contributed by atoms with E-state index in [9.17, 15) is 32.5 Å². The van der Waals surface area contributed by atoms with Crippen LogP contribution in [0.4, 0.5) is 5.82 Å². The van der Waals surface area contributed by atoms with Crippen LogP contribution in [0.2, 0.25) is 0 Å². The first kappa shape index (κ1) is 31.7. The quantitative estimate of drug-likeness (QED) is 0.136. The maximum atomic E-state index is 14.0. The van der Waals surface area contributed by atoms with E-state index in [1.165, 1.54) is 40.2 Å². The van der Waals surface area contributed by atoms with Crippen LogP contribution >= 0.6 is 0 Å². The van der Waals surface area contributed by atoms with E-state index in [2.05, 4.69) is 17.2 Å². The highest BCUT2D eigenvalue weighted by Crippen LogP contribution is 2.30. The molecule has 3 heterocycles. The van der Waals surface area contributed by atoms with E-state index in [1.54, 1.807) is 30.5 Å². The van der Waals surface area contributed by atoms with E-state index < -0.39 is 51.0 Å². The number of rotatable bonds is 13. The number of carboxylic acids is 1. The number of carboxylic acid groups (broad SMARTS) is 1. The minimum Gasteiger partial charge on any atom is -0.488 e. The number of amides is 2. The lowest BCUT2D eigenvalue weighted by molar-refractivity contribution is -0.149. The van der Waals surface area contributed by atoms with Crippen molar-refractivity contribution in [3.63, 3.8) is 0 Å². The number of imidazole rings is 1. The zero-order valence-corrected chi connectivity index (χ0v) is 25.4. The lowest BCUT2D eigenvalue weighted by Gasteiger charge is -2.27. The molecule has 3 atom stereocenters. The number of anilines is 1. The molecule has 0 saturated carbocycles. The third-order valence-electron chi connectivity index (χ3n) is 7.79. The van der Waals surface area contributed by atoms with Gasteiger partial charge < -0.3 is 29.0 Å². The standard InChI is InChI=1S/C31H34N4O9S/c1-2-3-4-5-9-24(34-18-28(32-19-34)33-29(36)23-8-6-7-10-27(23)45(40,41)42)30(37)35-17-22(16-25(35)31(38)39)44-21-11-12-26-20(15-21)13-14-43-26/h6-8,10-15,18-19,22,24-25H,2-5,9,16-17H2,1H3,(H,33,36)(H,38,39)(H,40,41,42)/t22-,24+,25-/m0/s1. The first-order valence-corrected chi connectivity index (χ1v) is 16.1. The molecule has 14 heteroatoms. The Bertz CT molecular complexity index is 1800. The molecule has 0 spiro atoms. The molecule has 13 nitrogen and oxygen atoms in total. The Balaban J connectivity index is 1.35. The van der Waals surface area contributed by atoms with Crippen molar-refractivity contribution < 1.29 is 41.6 Å². The van der Waals surface area contributed by atoms with E-state index in [4.69, 9.17) is 9.15 Å². The van der Waals surface area contributed by atoms with E-state index in [0.29, 0.717) is 24.2 Å². The molecule has 0 radical (unpaired) electrons. The summed E-state index contributed by atoms with van der Waals surface area (Å²) in [7, 11) is -4.66. The normalized spacial score (nSPS) is 17.3. The zero-order valence-electron chi connectivity index (χ0n) is 24.5. The summed E-state index contributed by atoms with van der Waals surface area (Å²) in [5.41, 5.74) is 0.416. The van der Waals surface area contributed by atoms with Gasteiger partial charge in [-0.25, -0.2) is 9.78 Å². The van der Waals surface area contributed by atoms with Crippen LogP contribution in [0, 0.1) is 0 Å². The average Bonchev–Trinajstić information content (AvgIpc) is 3.76. The van der Waals surface area contributed by atoms with E-state index >= 15 is 0 Å². The molecule has 3 N–H and O–H groups in total. The number of nitrogens with one attached hydrogen (secondary N) is 1. The number of aromatic nitrogens is 2. The van der Waals surface area contributed by atoms with Crippen molar-refractivity contribution in [3.05, 3.63) is 72.9 Å². The van der Waals surface area contributed by atoms with Crippen LogP contribution in [0.15, 0.2) is 76.6 Å². The lowest BCUT2D eigenvalue weighted by Crippen LogP contribution is -2.44. The predicted molar refractivity (Wildman–Crippen MR) is 163 cm³/mol. The fraction of sp³-hybridized carbons (Fsp3) is 0.355. The average molecular weight is 639 g/mol. The van der Waals surface area contributed by atoms with Gasteiger partial charge in [0.2, 0.25) is 5.91 Å². The van der Waals surface area contributed by atoms with Crippen LogP contribution in [0.5, 0.6) is 5.75 Å². The van der Waals surface area contributed by atoms with Crippen molar-refractivity contribution in [2.75, 3.05) is 11.9 Å². The van der Waals surface area contributed by atoms with Gasteiger partial charge in [-0.15, -0.1) is 0 Å². The molecular weight excluding hydrogens is 604 g/mol. The summed E-state index contributed by atoms with van der Waals surface area (Å²) in [4.78, 5) is 44.2. The molecule has 0 unspecified atom stereocenters. The molecule has 0 bridgehead atoms. The number of benzene rings is 2. The summed E-state index contributed by atoms with van der Waals surface area (Å²) in [5, 5.41) is 13.4. The van der Waals surface area contributed by atoms with Gasteiger partial charge >= 0.3 is 5.97 Å². The van der Waals surface area contributed by atoms with Crippen molar-refractivity contribution in [2.45, 2.75) is 68.5 Å². The molecule has 1 fully saturated rings. The molecule has 1 saturated heterocycles. The summed E-state index contributed by atoms with van der Waals surface area (Å²) in [5.74, 6) is -1.79. The minimum atomic E-state index is -4.66. The Labute approximate surface area is 259 Å². The fourth-order valence-corrected chi connectivity index (χ4v) is 6.25. The Morgan fingerprint density at radius 1 is 1.13 bits per heavy atom. The maximum absolute atomic E-state index is 14.0. The summed E-state index contributed by atoms with van der Waals surface area (Å²) in [6.45, 7) is 2.13. The van der Waals surface area contributed by atoms with Gasteiger partial charge in [-0.2, -0.15) is 8.42 Å². The molecule has 45 heavy (non-hydrogen) atoms. The molecule has 0 aliphatic carbocycles. The van der Waals surface area contributed by atoms with Gasteiger partial charge in [0.1, 0.15) is 34.4 Å². The Kier molecular flexibility index (Phi) is 9.54. The van der Waals surface area contributed by atoms with Crippen LogP contribution in [0.1, 0.15) is 61.8 Å². The largest absolute Gasteiger partial charge is 0.488 e. The first-order chi connectivity index (χ1) is 21.5. The number of ether oxygens (including phenoxy) is 1. The second-order valence-corrected chi connectivity index (χ2v) is 12.3. The number of likely N-dealkylation sites (tertiary alicyclic amines) is 1. The number of nitrogens with zero attached hydrogens (tertiary/aromatic N) is 3. The van der Waals surface area contributed by atoms with Crippen molar-refractivity contribution in [2.24, 2.45) is 0 Å². The number of fused-ring (bicyclic) bond motifs is 1. The van der Waals surface area contributed by atoms with E-state index in [-0.39, 0.29) is 24.3 Å². The molecule has 4 aromatic rings. The smallest absolute Gasteiger partial charge is 0.326 e. The number of hydrogen-bond acceptors (Lipinski definition) is 8. The van der Waals surface area contributed by atoms with Gasteiger partial charge in [0.15, 0.2) is 5.82 Å². The second-order valence-electron chi connectivity index (χ2n) is 10.9. The SMILES string of the molecule is CCCCCC[C@H](C(=O)N1C[C@@H](Oc2ccc3occc3c2)C[C@H]1C(=O)O)n1cnc(NC(=O)c2ccccc2S(=O)(=O)O)c1. The van der Waals surface area contributed by atoms with Gasteiger partial charge in [-0.1, -0.05) is 44.7 Å². The highest BCUT2D eigenvalue weighted by Gasteiger charge is 2.43. The first-order valence-electron chi connectivity index (χ1n) is 14.6. The third-order valence-corrected chi connectivity index (χ3v) is 8.70. The Hall–Kier alpha value is -4.69. The molecule has 1 aliphatic heterocycles. The summed E-state index contributed by atoms with van der Waals surface area (Å²) < 4.78 is 46.0. The molecule has 2 aromatic heterocycles. The van der Waals surface area contributed by atoms with Gasteiger partial charge in [0, 0.05) is 18.0 Å². The van der Waals surface area contributed by atoms with Crippen LogP contribution in [0.25, 0.3) is 11.0 Å². The number of furan rings is 1. The highest BCUT2D eigenvalue weighted by atomic mass is 32.2. The number of carbonyl (C=O) groups is 3. The number of unbranched alkanes of at least 4 members (excludes halogenated alkanes) is 3. The maximum Gasteiger partial charge on any atom is 0.326 e. The van der Waals surface area contributed by atoms with Crippen LogP contribution < -0.4 is 10.1 Å². The van der Waals surface area contributed by atoms with Crippen molar-refractivity contribution in [1.29, 1.82) is 0 Å². The zero-order chi connectivity index (χ0) is 32.1. The molecular formula is C31H34N4O9S. The predicted octanol–water partition coefficient (Wildman–Crippen LogP) is 4.77. The van der Waals surface area contributed by atoms with Gasteiger partial charge in [0.25, 0.3) is 16.0 Å². The van der Waals surface area contributed by atoms with Gasteiger partial charge in [0.05, 0.1) is 24.7 Å². The number of carbonyl (C=O) groups excluding carboxylic acids is 2. The van der Waals surface area contributed by atoms with Crippen LogP contribution in [-0.2, 0) is 19.7 Å².